The van der Waals surface area contributed by atoms with Gasteiger partial charge in [-0.15, -0.1) is 24.0 Å². The summed E-state index contributed by atoms with van der Waals surface area (Å²) in [4.78, 5) is 12.2. The van der Waals surface area contributed by atoms with E-state index in [1.54, 1.807) is 0 Å². The van der Waals surface area contributed by atoms with Crippen LogP contribution in [0.15, 0.2) is 41.4 Å². The summed E-state index contributed by atoms with van der Waals surface area (Å²) in [5.74, 6) is 1.07. The number of nitrogens with zero attached hydrogens (tertiary/aromatic N) is 4. The van der Waals surface area contributed by atoms with Crippen LogP contribution in [-0.2, 0) is 4.74 Å². The smallest absolute Gasteiger partial charge is 0.194 e. The topological polar surface area (TPSA) is 43.3 Å². The highest BCUT2D eigenvalue weighted by molar-refractivity contribution is 14.0. The van der Waals surface area contributed by atoms with Crippen LogP contribution < -0.4 is 5.32 Å². The predicted octanol–water partition coefficient (Wildman–Crippen LogP) is 2.23. The fourth-order valence-corrected chi connectivity index (χ4v) is 3.59. The van der Waals surface area contributed by atoms with Crippen molar-refractivity contribution in [1.29, 1.82) is 0 Å². The number of hydrogen-bond acceptors (Lipinski definition) is 4. The summed E-state index contributed by atoms with van der Waals surface area (Å²) in [5, 5.41) is 3.47. The number of benzene rings is 1. The molecule has 29 heavy (non-hydrogen) atoms. The second kappa shape index (κ2) is 14.0. The van der Waals surface area contributed by atoms with Crippen molar-refractivity contribution in [2.45, 2.75) is 6.92 Å². The van der Waals surface area contributed by atoms with Gasteiger partial charge in [-0.05, 0) is 12.5 Å². The first-order valence-corrected chi connectivity index (χ1v) is 10.6. The number of rotatable bonds is 7. The highest BCUT2D eigenvalue weighted by Crippen LogP contribution is 2.05. The maximum absolute atomic E-state index is 5.42. The van der Waals surface area contributed by atoms with Gasteiger partial charge in [-0.3, -0.25) is 14.8 Å². The van der Waals surface area contributed by atoms with Gasteiger partial charge >= 0.3 is 0 Å². The number of hydrogen-bond donors (Lipinski definition) is 1. The van der Waals surface area contributed by atoms with Crippen LogP contribution in [0.2, 0.25) is 0 Å². The zero-order valence-corrected chi connectivity index (χ0v) is 20.0. The van der Waals surface area contributed by atoms with Crippen molar-refractivity contribution in [2.24, 2.45) is 4.99 Å². The third kappa shape index (κ3) is 8.62. The van der Waals surface area contributed by atoms with E-state index in [1.807, 2.05) is 0 Å². The number of nitrogens with one attached hydrogen (secondary N) is 1. The van der Waals surface area contributed by atoms with Crippen LogP contribution in [0.5, 0.6) is 0 Å². The quantitative estimate of drug-likeness (QED) is 0.344. The molecule has 0 saturated carbocycles. The number of ether oxygens (including phenoxy) is 1. The molecule has 2 heterocycles. The summed E-state index contributed by atoms with van der Waals surface area (Å²) >= 11 is 0. The van der Waals surface area contributed by atoms with E-state index in [0.717, 1.165) is 84.6 Å². The van der Waals surface area contributed by atoms with Crippen molar-refractivity contribution in [3.63, 3.8) is 0 Å². The Morgan fingerprint density at radius 1 is 1.03 bits per heavy atom. The molecule has 0 aliphatic carbocycles. The lowest BCUT2D eigenvalue weighted by atomic mass is 10.2. The van der Waals surface area contributed by atoms with Gasteiger partial charge in [0, 0.05) is 58.9 Å². The van der Waals surface area contributed by atoms with E-state index in [-0.39, 0.29) is 24.0 Å². The van der Waals surface area contributed by atoms with Gasteiger partial charge in [0.1, 0.15) is 0 Å². The fraction of sp³-hybridized carbons (Fsp3) is 0.591. The summed E-state index contributed by atoms with van der Waals surface area (Å²) in [6.45, 7) is 13.9. The summed E-state index contributed by atoms with van der Waals surface area (Å²) in [6.07, 6.45) is 4.48. The summed E-state index contributed by atoms with van der Waals surface area (Å²) in [6, 6.07) is 10.5. The van der Waals surface area contributed by atoms with E-state index in [2.05, 4.69) is 69.4 Å². The molecule has 0 amide bonds. The largest absolute Gasteiger partial charge is 0.379 e. The summed E-state index contributed by atoms with van der Waals surface area (Å²) in [7, 11) is 0. The molecule has 6 nitrogen and oxygen atoms in total. The van der Waals surface area contributed by atoms with Crippen LogP contribution in [0, 0.1) is 0 Å². The number of aliphatic imine (C=N–C) groups is 1. The molecule has 1 aromatic rings. The number of halogens is 1. The van der Waals surface area contributed by atoms with Gasteiger partial charge in [0.05, 0.1) is 19.8 Å². The average molecular weight is 513 g/mol. The molecular weight excluding hydrogens is 477 g/mol. The van der Waals surface area contributed by atoms with Crippen LogP contribution >= 0.6 is 24.0 Å². The average Bonchev–Trinajstić information content (AvgIpc) is 2.75. The second-order valence-electron chi connectivity index (χ2n) is 7.29. The van der Waals surface area contributed by atoms with Crippen LogP contribution in [0.3, 0.4) is 0 Å². The number of guanidine groups is 1. The molecule has 7 heteroatoms. The van der Waals surface area contributed by atoms with E-state index < -0.39 is 0 Å². The first-order valence-electron chi connectivity index (χ1n) is 10.6. The Kier molecular flexibility index (Phi) is 11.6. The molecule has 2 aliphatic rings. The van der Waals surface area contributed by atoms with Crippen molar-refractivity contribution >= 4 is 36.0 Å². The minimum atomic E-state index is 0. The maximum atomic E-state index is 5.42. The van der Waals surface area contributed by atoms with Crippen LogP contribution in [-0.4, -0.2) is 99.3 Å². The van der Waals surface area contributed by atoms with Gasteiger partial charge in [-0.25, -0.2) is 0 Å². The maximum Gasteiger partial charge on any atom is 0.194 e. The molecule has 0 spiro atoms. The lowest BCUT2D eigenvalue weighted by Gasteiger charge is -2.36. The second-order valence-corrected chi connectivity index (χ2v) is 7.29. The normalized spacial score (nSPS) is 19.3. The molecule has 0 unspecified atom stereocenters. The molecule has 2 fully saturated rings. The zero-order valence-electron chi connectivity index (χ0n) is 17.6. The minimum absolute atomic E-state index is 0. The third-order valence-electron chi connectivity index (χ3n) is 5.26. The molecule has 1 aromatic carbocycles. The molecule has 0 bridgehead atoms. The lowest BCUT2D eigenvalue weighted by Crippen LogP contribution is -2.52. The van der Waals surface area contributed by atoms with Gasteiger partial charge in [0.25, 0.3) is 0 Å². The van der Waals surface area contributed by atoms with Crippen LogP contribution in [0.25, 0.3) is 6.08 Å². The first kappa shape index (κ1) is 24.1. The Morgan fingerprint density at radius 3 is 2.45 bits per heavy atom. The van der Waals surface area contributed by atoms with E-state index in [4.69, 9.17) is 9.73 Å². The molecule has 3 rings (SSSR count). The van der Waals surface area contributed by atoms with Crippen LogP contribution in [0.4, 0.5) is 0 Å². The van der Waals surface area contributed by atoms with E-state index in [0.29, 0.717) is 0 Å². The van der Waals surface area contributed by atoms with Crippen molar-refractivity contribution in [3.8, 4) is 0 Å². The first-order chi connectivity index (χ1) is 13.8. The Morgan fingerprint density at radius 2 is 1.76 bits per heavy atom. The molecule has 0 atom stereocenters. The van der Waals surface area contributed by atoms with Gasteiger partial charge in [-0.2, -0.15) is 0 Å². The van der Waals surface area contributed by atoms with Crippen molar-refractivity contribution in [1.82, 2.24) is 20.0 Å². The molecule has 0 aromatic heterocycles. The van der Waals surface area contributed by atoms with Gasteiger partial charge in [0.15, 0.2) is 5.96 Å². The number of piperazine rings is 1. The van der Waals surface area contributed by atoms with Gasteiger partial charge in [0.2, 0.25) is 0 Å². The highest BCUT2D eigenvalue weighted by Gasteiger charge is 2.19. The van der Waals surface area contributed by atoms with Crippen molar-refractivity contribution in [2.75, 3.05) is 78.7 Å². The predicted molar refractivity (Wildman–Crippen MR) is 132 cm³/mol. The van der Waals surface area contributed by atoms with E-state index in [9.17, 15) is 0 Å². The van der Waals surface area contributed by atoms with E-state index >= 15 is 0 Å². The highest BCUT2D eigenvalue weighted by atomic mass is 127. The van der Waals surface area contributed by atoms with Gasteiger partial charge in [-0.1, -0.05) is 42.5 Å². The molecule has 0 radical (unpaired) electrons. The minimum Gasteiger partial charge on any atom is -0.379 e. The molecule has 1 N–H and O–H groups in total. The number of morpholine rings is 1. The standard InChI is InChI=1S/C22H35N5O.HI/c1-2-23-22(24-10-12-26-17-19-28-20-18-26)27-15-13-25(14-16-27)11-6-9-21-7-4-3-5-8-21;/h3-9H,2,10-20H2,1H3,(H,23,24);1H/b9-6+;. The summed E-state index contributed by atoms with van der Waals surface area (Å²) < 4.78 is 5.42. The summed E-state index contributed by atoms with van der Waals surface area (Å²) in [5.41, 5.74) is 1.27. The Hall–Kier alpha value is -1.16. The van der Waals surface area contributed by atoms with Crippen molar-refractivity contribution < 1.29 is 4.74 Å². The molecule has 162 valence electrons. The molecule has 2 aliphatic heterocycles. The SMILES string of the molecule is CCNC(=NCCN1CCOCC1)N1CCN(C/C=C/c2ccccc2)CC1.I. The Bertz CT molecular complexity index is 611. The van der Waals surface area contributed by atoms with Gasteiger partial charge < -0.3 is 15.0 Å². The van der Waals surface area contributed by atoms with E-state index in [1.165, 1.54) is 5.56 Å². The Balaban J connectivity index is 0.00000300. The lowest BCUT2D eigenvalue weighted by molar-refractivity contribution is 0.0394. The molecular formula is C22H36IN5O. The molecule has 2 saturated heterocycles. The monoisotopic (exact) mass is 513 g/mol. The Labute approximate surface area is 193 Å². The zero-order chi connectivity index (χ0) is 19.4. The third-order valence-corrected chi connectivity index (χ3v) is 5.26. The fourth-order valence-electron chi connectivity index (χ4n) is 3.59. The van der Waals surface area contributed by atoms with Crippen LogP contribution in [0.1, 0.15) is 12.5 Å². The van der Waals surface area contributed by atoms with Crippen molar-refractivity contribution in [3.05, 3.63) is 42.0 Å².